The van der Waals surface area contributed by atoms with Crippen molar-refractivity contribution in [1.29, 1.82) is 0 Å². The van der Waals surface area contributed by atoms with Gasteiger partial charge in [-0.15, -0.1) is 11.3 Å². The largest absolute Gasteiger partial charge is 0.374 e. The molecular weight excluding hydrogens is 232 g/mol. The quantitative estimate of drug-likeness (QED) is 0.845. The van der Waals surface area contributed by atoms with Crippen LogP contribution in [0.25, 0.3) is 0 Å². The van der Waals surface area contributed by atoms with E-state index in [0.717, 1.165) is 24.4 Å². The average Bonchev–Trinajstić information content (AvgIpc) is 2.70. The van der Waals surface area contributed by atoms with Crippen LogP contribution in [-0.2, 0) is 11.3 Å². The van der Waals surface area contributed by atoms with Crippen LogP contribution in [0.2, 0.25) is 0 Å². The molecule has 1 heterocycles. The Labute approximate surface area is 109 Å². The van der Waals surface area contributed by atoms with E-state index in [4.69, 9.17) is 4.74 Å². The van der Waals surface area contributed by atoms with Crippen molar-refractivity contribution in [2.75, 3.05) is 7.11 Å². The van der Waals surface area contributed by atoms with E-state index >= 15 is 0 Å². The Hall–Kier alpha value is -0.450. The number of methoxy groups -OCH3 is 1. The van der Waals surface area contributed by atoms with Crippen LogP contribution < -0.4 is 5.32 Å². The Morgan fingerprint density at radius 1 is 1.47 bits per heavy atom. The highest BCUT2D eigenvalue weighted by atomic mass is 32.1. The first-order valence-electron chi connectivity index (χ1n) is 6.18. The average molecular weight is 256 g/mol. The summed E-state index contributed by atoms with van der Waals surface area (Å²) in [5, 5.41) is 4.57. The van der Waals surface area contributed by atoms with E-state index < -0.39 is 0 Å². The maximum absolute atomic E-state index is 5.46. The van der Waals surface area contributed by atoms with Gasteiger partial charge in [0.15, 0.2) is 0 Å². The molecule has 0 saturated heterocycles. The van der Waals surface area contributed by atoms with Crippen molar-refractivity contribution < 1.29 is 4.74 Å². The number of aromatic nitrogens is 1. The summed E-state index contributed by atoms with van der Waals surface area (Å²) >= 11 is 1.75. The normalized spacial score (nSPS) is 13.9. The molecule has 0 aromatic carbocycles. The zero-order valence-electron chi connectivity index (χ0n) is 11.5. The molecule has 0 bridgehead atoms. The predicted molar refractivity (Wildman–Crippen MR) is 73.4 cm³/mol. The van der Waals surface area contributed by atoms with Crippen LogP contribution in [-0.4, -0.2) is 17.6 Å². The predicted octanol–water partition coefficient (Wildman–Crippen LogP) is 3.52. The van der Waals surface area contributed by atoms with Crippen molar-refractivity contribution in [3.63, 3.8) is 0 Å². The molecule has 0 aliphatic heterocycles. The van der Waals surface area contributed by atoms with E-state index in [9.17, 15) is 0 Å². The molecule has 4 heteroatoms. The van der Waals surface area contributed by atoms with Crippen LogP contribution in [0.4, 0.5) is 0 Å². The second-order valence-electron chi connectivity index (χ2n) is 5.28. The van der Waals surface area contributed by atoms with E-state index in [2.05, 4.69) is 38.0 Å². The van der Waals surface area contributed by atoms with Crippen LogP contribution in [0.3, 0.4) is 0 Å². The lowest BCUT2D eigenvalue weighted by Gasteiger charge is -2.19. The van der Waals surface area contributed by atoms with E-state index in [1.807, 2.05) is 6.20 Å². The molecule has 0 fully saturated rings. The Kier molecular flexibility index (Phi) is 5.56. The highest BCUT2D eigenvalue weighted by Gasteiger charge is 2.15. The number of thiazole rings is 1. The summed E-state index contributed by atoms with van der Waals surface area (Å²) < 4.78 is 5.46. The molecule has 0 aliphatic carbocycles. The van der Waals surface area contributed by atoms with Crippen molar-refractivity contribution >= 4 is 11.3 Å². The van der Waals surface area contributed by atoms with Gasteiger partial charge >= 0.3 is 0 Å². The third-order valence-corrected chi connectivity index (χ3v) is 3.56. The topological polar surface area (TPSA) is 34.1 Å². The first-order chi connectivity index (χ1) is 7.96. The fourth-order valence-corrected chi connectivity index (χ4v) is 2.48. The van der Waals surface area contributed by atoms with Crippen molar-refractivity contribution in [1.82, 2.24) is 10.3 Å². The molecule has 0 saturated carbocycles. The van der Waals surface area contributed by atoms with E-state index in [0.29, 0.717) is 0 Å². The first kappa shape index (κ1) is 14.6. The van der Waals surface area contributed by atoms with Gasteiger partial charge in [-0.05, 0) is 27.2 Å². The second-order valence-corrected chi connectivity index (χ2v) is 6.43. The van der Waals surface area contributed by atoms with Gasteiger partial charge in [0.25, 0.3) is 0 Å². The van der Waals surface area contributed by atoms with E-state index in [-0.39, 0.29) is 11.6 Å². The SMILES string of the molecule is CCCC(OC)c1ncc(CNC(C)(C)C)s1. The fraction of sp³-hybridized carbons (Fsp3) is 0.769. The first-order valence-corrected chi connectivity index (χ1v) is 7.00. The van der Waals surface area contributed by atoms with Gasteiger partial charge in [0.1, 0.15) is 11.1 Å². The monoisotopic (exact) mass is 256 g/mol. The molecule has 1 unspecified atom stereocenters. The lowest BCUT2D eigenvalue weighted by atomic mass is 10.1. The summed E-state index contributed by atoms with van der Waals surface area (Å²) in [5.41, 5.74) is 0.147. The molecule has 1 rings (SSSR count). The van der Waals surface area contributed by atoms with Crippen LogP contribution in [0.15, 0.2) is 6.20 Å². The number of ether oxygens (including phenoxy) is 1. The third kappa shape index (κ3) is 5.15. The van der Waals surface area contributed by atoms with Gasteiger partial charge in [0, 0.05) is 30.3 Å². The molecule has 98 valence electrons. The minimum Gasteiger partial charge on any atom is -0.374 e. The molecule has 1 atom stereocenters. The number of nitrogens with zero attached hydrogens (tertiary/aromatic N) is 1. The smallest absolute Gasteiger partial charge is 0.122 e. The van der Waals surface area contributed by atoms with Crippen molar-refractivity contribution in [2.24, 2.45) is 0 Å². The maximum atomic E-state index is 5.46. The van der Waals surface area contributed by atoms with Crippen LogP contribution in [0, 0.1) is 0 Å². The van der Waals surface area contributed by atoms with Crippen molar-refractivity contribution in [3.05, 3.63) is 16.1 Å². The minimum absolute atomic E-state index is 0.147. The fourth-order valence-electron chi connectivity index (χ4n) is 1.51. The zero-order chi connectivity index (χ0) is 12.9. The number of hydrogen-bond acceptors (Lipinski definition) is 4. The summed E-state index contributed by atoms with van der Waals surface area (Å²) in [6.07, 6.45) is 4.28. The number of hydrogen-bond donors (Lipinski definition) is 1. The third-order valence-electron chi connectivity index (χ3n) is 2.48. The molecule has 0 radical (unpaired) electrons. The molecule has 17 heavy (non-hydrogen) atoms. The molecule has 1 N–H and O–H groups in total. The highest BCUT2D eigenvalue weighted by Crippen LogP contribution is 2.26. The van der Waals surface area contributed by atoms with E-state index in [1.165, 1.54) is 4.88 Å². The van der Waals surface area contributed by atoms with Crippen LogP contribution >= 0.6 is 11.3 Å². The zero-order valence-corrected chi connectivity index (χ0v) is 12.4. The Balaban J connectivity index is 2.58. The molecular formula is C13H24N2OS. The highest BCUT2D eigenvalue weighted by molar-refractivity contribution is 7.11. The summed E-state index contributed by atoms with van der Waals surface area (Å²) in [6.45, 7) is 9.56. The maximum Gasteiger partial charge on any atom is 0.122 e. The second kappa shape index (κ2) is 6.47. The van der Waals surface area contributed by atoms with Gasteiger partial charge in [-0.1, -0.05) is 13.3 Å². The molecule has 0 amide bonds. The lowest BCUT2D eigenvalue weighted by Crippen LogP contribution is -2.34. The molecule has 3 nitrogen and oxygen atoms in total. The summed E-state index contributed by atoms with van der Waals surface area (Å²) in [6, 6.07) is 0. The Bertz CT molecular complexity index is 330. The summed E-state index contributed by atoms with van der Waals surface area (Å²) in [5.74, 6) is 0. The Morgan fingerprint density at radius 2 is 2.18 bits per heavy atom. The van der Waals surface area contributed by atoms with Gasteiger partial charge in [0.05, 0.1) is 0 Å². The summed E-state index contributed by atoms with van der Waals surface area (Å²) in [4.78, 5) is 5.73. The Morgan fingerprint density at radius 3 is 2.71 bits per heavy atom. The van der Waals surface area contributed by atoms with Crippen molar-refractivity contribution in [3.8, 4) is 0 Å². The molecule has 1 aromatic rings. The number of rotatable bonds is 6. The standard InChI is InChI=1S/C13H24N2OS/c1-6-7-11(16-5)12-14-8-10(17-12)9-15-13(2,3)4/h8,11,15H,6-7,9H2,1-5H3. The van der Waals surface area contributed by atoms with Gasteiger partial charge in [0.2, 0.25) is 0 Å². The minimum atomic E-state index is 0.147. The molecule has 1 aromatic heterocycles. The van der Waals surface area contributed by atoms with Gasteiger partial charge in [-0.25, -0.2) is 4.98 Å². The lowest BCUT2D eigenvalue weighted by molar-refractivity contribution is 0.0947. The summed E-state index contributed by atoms with van der Waals surface area (Å²) in [7, 11) is 1.76. The van der Waals surface area contributed by atoms with Crippen molar-refractivity contribution in [2.45, 2.75) is 58.7 Å². The van der Waals surface area contributed by atoms with Gasteiger partial charge in [-0.3, -0.25) is 0 Å². The molecule has 0 aliphatic rings. The number of nitrogens with one attached hydrogen (secondary N) is 1. The molecule has 0 spiro atoms. The van der Waals surface area contributed by atoms with Gasteiger partial charge in [-0.2, -0.15) is 0 Å². The van der Waals surface area contributed by atoms with E-state index in [1.54, 1.807) is 18.4 Å². The van der Waals surface area contributed by atoms with Gasteiger partial charge < -0.3 is 10.1 Å². The van der Waals surface area contributed by atoms with Crippen LogP contribution in [0.5, 0.6) is 0 Å². The van der Waals surface area contributed by atoms with Crippen LogP contribution in [0.1, 0.15) is 56.5 Å².